The first-order valence-corrected chi connectivity index (χ1v) is 11.6. The van der Waals surface area contributed by atoms with Crippen LogP contribution in [-0.2, 0) is 9.59 Å². The number of hydrogen-bond donors (Lipinski definition) is 2. The van der Waals surface area contributed by atoms with Crippen molar-refractivity contribution in [2.24, 2.45) is 11.8 Å². The highest BCUT2D eigenvalue weighted by Crippen LogP contribution is 2.47. The molecule has 0 unspecified atom stereocenters. The summed E-state index contributed by atoms with van der Waals surface area (Å²) in [7, 11) is 0. The monoisotopic (exact) mass is 438 g/mol. The smallest absolute Gasteiger partial charge is 0.314 e. The molecule has 0 amide bonds. The number of carbonyl (C=O) groups excluding carboxylic acids is 2. The van der Waals surface area contributed by atoms with Crippen LogP contribution in [0.15, 0.2) is 36.4 Å². The lowest BCUT2D eigenvalue weighted by Gasteiger charge is -2.22. The molecule has 0 heterocycles. The summed E-state index contributed by atoms with van der Waals surface area (Å²) in [5.74, 6) is -1.10. The molecule has 6 heteroatoms. The summed E-state index contributed by atoms with van der Waals surface area (Å²) >= 11 is 0. The topological polar surface area (TPSA) is 93.1 Å². The van der Waals surface area contributed by atoms with E-state index in [2.05, 4.69) is 0 Å². The molecule has 4 rings (SSSR count). The zero-order chi connectivity index (χ0) is 22.5. The number of benzene rings is 2. The molecule has 2 aromatic carbocycles. The minimum absolute atomic E-state index is 0.136. The molecular formula is C26H30O6. The van der Waals surface area contributed by atoms with Crippen LogP contribution in [0.1, 0.15) is 64.2 Å². The molecule has 2 fully saturated rings. The summed E-state index contributed by atoms with van der Waals surface area (Å²) < 4.78 is 11.4. The highest BCUT2D eigenvalue weighted by Gasteiger charge is 2.28. The molecule has 0 radical (unpaired) electrons. The van der Waals surface area contributed by atoms with Crippen molar-refractivity contribution in [2.75, 3.05) is 0 Å². The quantitative estimate of drug-likeness (QED) is 0.457. The van der Waals surface area contributed by atoms with Gasteiger partial charge in [-0.1, -0.05) is 50.7 Å². The maximum Gasteiger partial charge on any atom is 0.314 e. The van der Waals surface area contributed by atoms with Crippen molar-refractivity contribution in [3.05, 3.63) is 36.4 Å². The van der Waals surface area contributed by atoms with E-state index in [0.29, 0.717) is 0 Å². The number of phenolic OH excluding ortho intramolecular Hbond substituents is 2. The number of carbonyl (C=O) groups is 2. The Hall–Kier alpha value is -3.02. The molecule has 2 aliphatic carbocycles. The Balaban J connectivity index is 1.65. The second kappa shape index (κ2) is 10.1. The van der Waals surface area contributed by atoms with Crippen LogP contribution in [0, 0.1) is 11.8 Å². The molecule has 0 aromatic heterocycles. The van der Waals surface area contributed by atoms with E-state index in [9.17, 15) is 19.8 Å². The van der Waals surface area contributed by atoms with Crippen molar-refractivity contribution in [3.8, 4) is 34.1 Å². The van der Waals surface area contributed by atoms with Gasteiger partial charge < -0.3 is 19.7 Å². The fraction of sp³-hybridized carbons (Fsp3) is 0.462. The number of aromatic hydroxyl groups is 2. The van der Waals surface area contributed by atoms with E-state index in [1.165, 1.54) is 12.1 Å². The molecule has 0 bridgehead atoms. The van der Waals surface area contributed by atoms with Crippen molar-refractivity contribution in [3.63, 3.8) is 0 Å². The highest BCUT2D eigenvalue weighted by atomic mass is 16.5. The largest absolute Gasteiger partial charge is 0.507 e. The first-order valence-electron chi connectivity index (χ1n) is 11.6. The summed E-state index contributed by atoms with van der Waals surface area (Å²) in [5.41, 5.74) is 0.280. The van der Waals surface area contributed by atoms with E-state index in [4.69, 9.17) is 9.47 Å². The Morgan fingerprint density at radius 3 is 1.38 bits per heavy atom. The lowest BCUT2D eigenvalue weighted by molar-refractivity contribution is -0.140. The Labute approximate surface area is 188 Å². The number of hydrogen-bond acceptors (Lipinski definition) is 6. The van der Waals surface area contributed by atoms with E-state index in [1.54, 1.807) is 24.3 Å². The van der Waals surface area contributed by atoms with Crippen LogP contribution in [0.5, 0.6) is 23.0 Å². The van der Waals surface area contributed by atoms with E-state index < -0.39 is 0 Å². The summed E-state index contributed by atoms with van der Waals surface area (Å²) in [6.07, 6.45) is 9.36. The van der Waals surface area contributed by atoms with Gasteiger partial charge in [0.15, 0.2) is 0 Å². The van der Waals surface area contributed by atoms with Gasteiger partial charge in [-0.3, -0.25) is 9.59 Å². The predicted octanol–water partition coefficient (Wildman–Crippen LogP) is 5.74. The Kier molecular flexibility index (Phi) is 6.98. The van der Waals surface area contributed by atoms with Crippen LogP contribution in [-0.4, -0.2) is 22.2 Å². The normalized spacial score (nSPS) is 17.6. The third-order valence-electron chi connectivity index (χ3n) is 6.56. The zero-order valence-electron chi connectivity index (χ0n) is 18.2. The summed E-state index contributed by atoms with van der Waals surface area (Å²) in [5, 5.41) is 21.3. The third-order valence-corrected chi connectivity index (χ3v) is 6.56. The van der Waals surface area contributed by atoms with Crippen LogP contribution >= 0.6 is 0 Å². The first kappa shape index (κ1) is 22.2. The van der Waals surface area contributed by atoms with Gasteiger partial charge >= 0.3 is 11.9 Å². The molecule has 2 saturated carbocycles. The summed E-state index contributed by atoms with van der Waals surface area (Å²) in [4.78, 5) is 25.5. The molecule has 0 atom stereocenters. The molecular weight excluding hydrogens is 408 g/mol. The van der Waals surface area contributed by atoms with E-state index in [1.807, 2.05) is 0 Å². The molecule has 0 spiro atoms. The van der Waals surface area contributed by atoms with Gasteiger partial charge in [0.1, 0.15) is 23.0 Å². The van der Waals surface area contributed by atoms with Crippen molar-refractivity contribution < 1.29 is 29.3 Å². The second-order valence-corrected chi connectivity index (χ2v) is 8.81. The van der Waals surface area contributed by atoms with Crippen molar-refractivity contribution in [1.29, 1.82) is 0 Å². The molecule has 2 aliphatic rings. The van der Waals surface area contributed by atoms with Crippen LogP contribution < -0.4 is 9.47 Å². The van der Waals surface area contributed by atoms with Gasteiger partial charge in [-0.15, -0.1) is 0 Å². The second-order valence-electron chi connectivity index (χ2n) is 8.81. The number of ether oxygens (including phenoxy) is 2. The van der Waals surface area contributed by atoms with Crippen LogP contribution in [0.2, 0.25) is 0 Å². The molecule has 6 nitrogen and oxygen atoms in total. The first-order chi connectivity index (χ1) is 15.5. The van der Waals surface area contributed by atoms with Crippen LogP contribution in [0.3, 0.4) is 0 Å². The summed E-state index contributed by atoms with van der Waals surface area (Å²) in [6.45, 7) is 0. The van der Waals surface area contributed by atoms with Gasteiger partial charge in [0, 0.05) is 0 Å². The van der Waals surface area contributed by atoms with Gasteiger partial charge in [0.2, 0.25) is 0 Å². The van der Waals surface area contributed by atoms with Crippen LogP contribution in [0.25, 0.3) is 11.1 Å². The molecule has 2 aromatic rings. The lowest BCUT2D eigenvalue weighted by Crippen LogP contribution is -2.23. The Bertz CT molecular complexity index is 891. The van der Waals surface area contributed by atoms with Crippen LogP contribution in [0.4, 0.5) is 0 Å². The number of esters is 2. The maximum atomic E-state index is 12.8. The molecule has 0 aliphatic heterocycles. The van der Waals surface area contributed by atoms with E-state index in [0.717, 1.165) is 64.2 Å². The number of phenols is 2. The molecule has 2 N–H and O–H groups in total. The standard InChI is InChI=1S/C26H30O6/c27-19-13-7-15-21(31-25(29)17-9-3-1-4-10-17)23(19)24-20(28)14-8-16-22(24)32-26(30)18-11-5-2-6-12-18/h7-8,13-18,27-28H,1-6,9-12H2. The van der Waals surface area contributed by atoms with Gasteiger partial charge in [-0.25, -0.2) is 0 Å². The molecule has 170 valence electrons. The fourth-order valence-electron chi connectivity index (χ4n) is 4.77. The SMILES string of the molecule is O=C(Oc1cccc(O)c1-c1c(O)cccc1OC(=O)C1CCCCC1)C1CCCCC1. The van der Waals surface area contributed by atoms with Gasteiger partial charge in [-0.2, -0.15) is 0 Å². The van der Waals surface area contributed by atoms with Crippen molar-refractivity contribution >= 4 is 11.9 Å². The minimum Gasteiger partial charge on any atom is -0.507 e. The zero-order valence-corrected chi connectivity index (χ0v) is 18.2. The lowest BCUT2D eigenvalue weighted by atomic mass is 9.89. The van der Waals surface area contributed by atoms with Crippen molar-refractivity contribution in [2.45, 2.75) is 64.2 Å². The summed E-state index contributed by atoms with van der Waals surface area (Å²) in [6, 6.07) is 9.22. The predicted molar refractivity (Wildman–Crippen MR) is 120 cm³/mol. The van der Waals surface area contributed by atoms with Gasteiger partial charge in [-0.05, 0) is 49.9 Å². The van der Waals surface area contributed by atoms with Crippen molar-refractivity contribution in [1.82, 2.24) is 0 Å². The average molecular weight is 439 g/mol. The maximum absolute atomic E-state index is 12.8. The molecule has 32 heavy (non-hydrogen) atoms. The number of rotatable bonds is 5. The Morgan fingerprint density at radius 2 is 1.00 bits per heavy atom. The van der Waals surface area contributed by atoms with Gasteiger partial charge in [0.05, 0.1) is 23.0 Å². The minimum atomic E-state index is -0.340. The third kappa shape index (κ3) is 4.90. The van der Waals surface area contributed by atoms with E-state index in [-0.39, 0.29) is 57.9 Å². The molecule has 0 saturated heterocycles. The van der Waals surface area contributed by atoms with E-state index >= 15 is 0 Å². The fourth-order valence-corrected chi connectivity index (χ4v) is 4.77. The highest BCUT2D eigenvalue weighted by molar-refractivity contribution is 5.89. The Morgan fingerprint density at radius 1 is 0.625 bits per heavy atom. The van der Waals surface area contributed by atoms with Gasteiger partial charge in [0.25, 0.3) is 0 Å². The average Bonchev–Trinajstić information content (AvgIpc) is 2.81.